The van der Waals surface area contributed by atoms with E-state index < -0.39 is 376 Å². The van der Waals surface area contributed by atoms with Gasteiger partial charge in [-0.25, -0.2) is 20.9 Å². The highest BCUT2D eigenvalue weighted by Gasteiger charge is 2.57. The summed E-state index contributed by atoms with van der Waals surface area (Å²) in [6.45, 7) is 0.649. The smallest absolute Gasteiger partial charge is 0.390 e. The molecule has 734 valence electrons. The number of hydrogen-bond acceptors (Lipinski definition) is 47. The first-order valence-electron chi connectivity index (χ1n) is 39.8. The lowest BCUT2D eigenvalue weighted by molar-refractivity contribution is -0.346. The molecular weight excluding hydrogens is 1850 g/mol. The van der Waals surface area contributed by atoms with Crippen molar-refractivity contribution >= 4 is 52.0 Å². The van der Waals surface area contributed by atoms with E-state index in [9.17, 15) is 118 Å². The summed E-state index contributed by atoms with van der Waals surface area (Å²) in [5.74, 6) is -4.02. The Morgan fingerprint density at radius 1 is 0.352 bits per heavy atom. The summed E-state index contributed by atoms with van der Waals surface area (Å²) in [5, 5.41) is 84.0. The molecule has 128 heavy (non-hydrogen) atoms. The number of rotatable bonds is 41. The molecular formula is C63H105N13O47S5. The lowest BCUT2D eigenvalue weighted by atomic mass is 9.88. The van der Waals surface area contributed by atoms with E-state index >= 15 is 0 Å². The summed E-state index contributed by atoms with van der Waals surface area (Å²) in [5.41, 5.74) is 45.5. The van der Waals surface area contributed by atoms with Crippen molar-refractivity contribution in [2.45, 2.75) is 294 Å². The second-order valence-electron chi connectivity index (χ2n) is 31.2. The van der Waals surface area contributed by atoms with Gasteiger partial charge in [-0.05, 0) is 46.3 Å². The maximum atomic E-state index is 12.1. The standard InChI is InChI=1S/C63H105N13O47S5/c1-7-8-99-33-14-100-47(9-28(33)77)123-58-42(23-109-128(95,96)97)118-63(52(53(58)82)72-76-68)113-37-18-104-46(13-32(37)81)122-57-27(5)51(71-75-67)62(117-41(57)22-108-127(92,93)94)112-36-17-103-45(12-31(36)80)121-56-26(4)50(70-74-66)61(116-40(56)21-107-126(89,90)91)111-35-16-102-44(11-30(35)79)120-55-25(3)49(69-73-65)60(115-39(55)20-106-125(86,87)88)110-34-15-101-43(10-29(34)78)119-54-24(2)48(64)59(98-6)114-38(54)19-105-124(83,84)85/h24-63,77-82H,7-23,64H2,1-6H3,(H,83,84,85)(H,86,87,88)(H,89,90,91)(H,92,93,94)(H,95,96,97)/t24-,25-,26-,27-,28+,29+,30+,31+,32+,33-,34+,35+,36-,37+,38?,39?,40?,41?,42?,43+,44+,45+,46+,47+,48?,49?,50?,51?,52?,53-,54+,55+,56+,57+,58-,59-,60-,61-,62-,63-/m1/s1. The van der Waals surface area contributed by atoms with Crippen molar-refractivity contribution in [1.82, 2.24) is 0 Å². The number of ether oxygens (including phenoxy) is 21. The second-order valence-corrected chi connectivity index (χ2v) is 36.7. The van der Waals surface area contributed by atoms with Crippen LogP contribution in [0, 0.1) is 23.7 Å². The van der Waals surface area contributed by atoms with Crippen LogP contribution in [0.4, 0.5) is 0 Å². The number of aliphatic hydroxyl groups excluding tert-OH is 6. The van der Waals surface area contributed by atoms with Gasteiger partial charge < -0.3 is 136 Å². The molecule has 0 aliphatic carbocycles. The van der Waals surface area contributed by atoms with Crippen molar-refractivity contribution in [2.75, 3.05) is 79.8 Å². The highest BCUT2D eigenvalue weighted by molar-refractivity contribution is 7.81. The fourth-order valence-corrected chi connectivity index (χ4v) is 17.5. The molecule has 10 saturated heterocycles. The first kappa shape index (κ1) is 106. The van der Waals surface area contributed by atoms with Crippen molar-refractivity contribution in [3.63, 3.8) is 0 Å². The zero-order chi connectivity index (χ0) is 93.7. The molecule has 10 aliphatic rings. The molecule has 10 unspecified atom stereocenters. The van der Waals surface area contributed by atoms with Gasteiger partial charge >= 0.3 is 52.0 Å². The third-order valence-corrected chi connectivity index (χ3v) is 24.7. The third-order valence-electron chi connectivity index (χ3n) is 22.5. The predicted octanol–water partition coefficient (Wildman–Crippen LogP) is -2.90. The van der Waals surface area contributed by atoms with Crippen LogP contribution in [0.3, 0.4) is 0 Å². The molecule has 0 saturated carbocycles. The van der Waals surface area contributed by atoms with E-state index in [-0.39, 0.29) is 19.4 Å². The second kappa shape index (κ2) is 46.8. The normalized spacial score (nSPS) is 42.5. The molecule has 60 nitrogen and oxygen atoms in total. The molecule has 0 amide bonds. The Morgan fingerprint density at radius 3 is 0.836 bits per heavy atom. The molecule has 0 aromatic carbocycles. The van der Waals surface area contributed by atoms with Gasteiger partial charge in [-0.15, -0.1) is 0 Å². The van der Waals surface area contributed by atoms with Crippen LogP contribution in [-0.2, 0) is 172 Å². The zero-order valence-corrected chi connectivity index (χ0v) is 72.8. The first-order chi connectivity index (χ1) is 60.3. The van der Waals surface area contributed by atoms with Crippen molar-refractivity contribution in [2.24, 2.45) is 49.9 Å². The van der Waals surface area contributed by atoms with Crippen LogP contribution < -0.4 is 5.73 Å². The van der Waals surface area contributed by atoms with Crippen molar-refractivity contribution < 1.29 is 216 Å². The van der Waals surface area contributed by atoms with E-state index in [1.54, 1.807) is 6.92 Å². The molecule has 10 heterocycles. The number of nitrogens with zero attached hydrogens (tertiary/aromatic N) is 12. The van der Waals surface area contributed by atoms with Crippen molar-refractivity contribution in [1.29, 1.82) is 0 Å². The highest BCUT2D eigenvalue weighted by Crippen LogP contribution is 2.43. The largest absolute Gasteiger partial charge is 0.397 e. The van der Waals surface area contributed by atoms with Crippen LogP contribution >= 0.6 is 0 Å². The van der Waals surface area contributed by atoms with Crippen LogP contribution in [0.1, 0.15) is 73.1 Å². The monoisotopic (exact) mass is 1960 g/mol. The van der Waals surface area contributed by atoms with Gasteiger partial charge in [-0.2, -0.15) is 42.1 Å². The molecule has 10 rings (SSSR count). The summed E-state index contributed by atoms with van der Waals surface area (Å²) in [7, 11) is -24.6. The molecule has 65 heteroatoms. The van der Waals surface area contributed by atoms with Crippen LogP contribution in [0.25, 0.3) is 41.8 Å². The van der Waals surface area contributed by atoms with Gasteiger partial charge in [-0.1, -0.05) is 55.1 Å². The van der Waals surface area contributed by atoms with E-state index in [0.717, 1.165) is 0 Å². The van der Waals surface area contributed by atoms with Crippen LogP contribution in [0.5, 0.6) is 0 Å². The van der Waals surface area contributed by atoms with E-state index in [4.69, 9.17) is 118 Å². The molecule has 10 aliphatic heterocycles. The van der Waals surface area contributed by atoms with Crippen molar-refractivity contribution in [3.8, 4) is 0 Å². The topological polar surface area (TPSA) is 854 Å². The molecule has 0 aromatic heterocycles. The zero-order valence-electron chi connectivity index (χ0n) is 68.7. The Labute approximate surface area is 730 Å². The molecule has 10 fully saturated rings. The number of methoxy groups -OCH3 is 1. The summed E-state index contributed by atoms with van der Waals surface area (Å²) in [6.07, 6.45) is -47.4. The van der Waals surface area contributed by atoms with Gasteiger partial charge in [0.1, 0.15) is 73.2 Å². The minimum Gasteiger partial charge on any atom is -0.390 e. The third kappa shape index (κ3) is 29.5. The number of nitrogens with two attached hydrogens (primary N) is 1. The fourth-order valence-electron chi connectivity index (χ4n) is 16.0. The van der Waals surface area contributed by atoms with E-state index in [1.807, 2.05) is 6.92 Å². The van der Waals surface area contributed by atoms with E-state index in [1.165, 1.54) is 27.9 Å². The summed E-state index contributed by atoms with van der Waals surface area (Å²) in [4.78, 5) is 11.5. The Balaban J connectivity index is 0.746. The van der Waals surface area contributed by atoms with Gasteiger partial charge in [0.2, 0.25) is 0 Å². The molecule has 0 radical (unpaired) electrons. The highest BCUT2D eigenvalue weighted by atomic mass is 32.3. The lowest BCUT2D eigenvalue weighted by Gasteiger charge is -2.48. The molecule has 0 aromatic rings. The minimum absolute atomic E-state index is 0.179. The Kier molecular flexibility index (Phi) is 38.6. The Hall–Kier alpha value is -4.53. The maximum Gasteiger partial charge on any atom is 0.397 e. The van der Waals surface area contributed by atoms with E-state index in [0.29, 0.717) is 13.0 Å². The predicted molar refractivity (Wildman–Crippen MR) is 406 cm³/mol. The summed E-state index contributed by atoms with van der Waals surface area (Å²) in [6, 6.07) is -6.94. The van der Waals surface area contributed by atoms with Gasteiger partial charge in [0.25, 0.3) is 0 Å². The molecule has 0 spiro atoms. The maximum absolute atomic E-state index is 12.1. The average Bonchev–Trinajstić information content (AvgIpc) is 0.784. The first-order valence-corrected chi connectivity index (χ1v) is 46.6. The van der Waals surface area contributed by atoms with Crippen LogP contribution in [0.15, 0.2) is 20.5 Å². The Morgan fingerprint density at radius 2 is 0.586 bits per heavy atom. The van der Waals surface area contributed by atoms with Gasteiger partial charge in [0, 0.05) is 71.4 Å². The number of aliphatic hydroxyl groups is 6. The summed E-state index contributed by atoms with van der Waals surface area (Å²) >= 11 is 0. The summed E-state index contributed by atoms with van der Waals surface area (Å²) < 4.78 is 316. The minimum atomic E-state index is -5.28. The molecule has 13 N–H and O–H groups in total. The van der Waals surface area contributed by atoms with Gasteiger partial charge in [-0.3, -0.25) is 22.8 Å². The van der Waals surface area contributed by atoms with Crippen molar-refractivity contribution in [3.05, 3.63) is 41.8 Å². The molecule has 0 bridgehead atoms. The number of hydrogen-bond donors (Lipinski definition) is 12. The van der Waals surface area contributed by atoms with Crippen LogP contribution in [0.2, 0.25) is 0 Å². The molecule has 40 atom stereocenters. The SMILES string of the molecule is CCCO[C@@H]1CO[C@@H](O[C@@H]2C(COS(=O)(=O)O)O[C@@H](O[C@H]3CO[C@@H](O[C@@H]4C(COS(=O)(=O)O)O[C@@H](O[C@@H]5CO[C@@H](O[C@@H]6C(COS(=O)(=O)O)O[C@@H](O[C@H]7CO[C@@H](O[C@@H]8C(COS(=O)(=O)O)O[C@@H](O[C@H]9CO[C@@H](O[C@@H]%10C(COS(=O)(=O)O)O[C@@H](OC)C(N)[C@H]%10C)C[C@@H]9O)C(N=[N+]=[N-])[C@H]8C)C[C@@H]7O)C(N=[N+]=[N-])[C@H]6C)C[C@@H]5O)C(N=[N+]=[N-])[C@H]4C)C[C@@H]3O)C(N=[N+]=[N-])[C@H]2O)C[C@@H]1O. The average molecular weight is 1960 g/mol. The quantitative estimate of drug-likeness (QED) is 0.0126. The van der Waals surface area contributed by atoms with Gasteiger partial charge in [0.15, 0.2) is 62.9 Å². The number of azide groups is 4. The lowest BCUT2D eigenvalue weighted by Crippen LogP contribution is -2.62. The van der Waals surface area contributed by atoms with E-state index in [2.05, 4.69) is 48.5 Å². The fraction of sp³-hybridized carbons (Fsp3) is 1.00. The van der Waals surface area contributed by atoms with Gasteiger partial charge in [0.05, 0.1) is 151 Å². The Bertz CT molecular complexity index is 4390. The van der Waals surface area contributed by atoms with Crippen LogP contribution in [-0.4, -0.2) is 397 Å².